The van der Waals surface area contributed by atoms with Gasteiger partial charge in [-0.15, -0.1) is 0 Å². The van der Waals surface area contributed by atoms with Gasteiger partial charge in [0, 0.05) is 17.0 Å². The Morgan fingerprint density at radius 2 is 1.87 bits per heavy atom. The molecular weight excluding hydrogens is 393 g/mol. The number of halogens is 3. The number of carbonyl (C=O) groups is 1. The summed E-state index contributed by atoms with van der Waals surface area (Å²) in [6.45, 7) is 5.41. The molecule has 0 saturated heterocycles. The second-order valence-electron chi connectivity index (χ2n) is 7.13. The molecule has 1 aromatic heterocycles. The first kappa shape index (κ1) is 21.7. The summed E-state index contributed by atoms with van der Waals surface area (Å²) in [7, 11) is 0. The summed E-state index contributed by atoms with van der Waals surface area (Å²) in [4.78, 5) is 11.2. The van der Waals surface area contributed by atoms with Crippen molar-refractivity contribution in [2.75, 3.05) is 0 Å². The number of ether oxygens (including phenoxy) is 1. The molecule has 2 aromatic carbocycles. The zero-order chi connectivity index (χ0) is 21.7. The van der Waals surface area contributed by atoms with Crippen LogP contribution in [0, 0.1) is 0 Å². The molecule has 0 radical (unpaired) electrons. The zero-order valence-electron chi connectivity index (χ0n) is 16.7. The van der Waals surface area contributed by atoms with E-state index in [0.717, 1.165) is 25.3 Å². The number of fused-ring (bicyclic) bond motifs is 1. The Labute approximate surface area is 173 Å². The maximum absolute atomic E-state index is 13.7. The minimum absolute atomic E-state index is 0.0116. The smallest absolute Gasteiger partial charge is 0.417 e. The molecule has 0 bridgehead atoms. The Morgan fingerprint density at radius 1 is 1.10 bits per heavy atom. The molecule has 158 valence electrons. The van der Waals surface area contributed by atoms with Gasteiger partial charge < -0.3 is 9.15 Å². The maximum atomic E-state index is 13.7. The van der Waals surface area contributed by atoms with Gasteiger partial charge >= 0.3 is 12.1 Å². The number of rotatable bonds is 8. The van der Waals surface area contributed by atoms with Crippen LogP contribution >= 0.6 is 0 Å². The van der Waals surface area contributed by atoms with Crippen molar-refractivity contribution >= 4 is 16.9 Å². The average Bonchev–Trinajstić information content (AvgIpc) is 3.14. The summed E-state index contributed by atoms with van der Waals surface area (Å²) in [6.07, 6.45) is 0.0451. The third-order valence-electron chi connectivity index (χ3n) is 4.86. The fourth-order valence-corrected chi connectivity index (χ4v) is 3.29. The van der Waals surface area contributed by atoms with Gasteiger partial charge in [0.2, 0.25) is 0 Å². The lowest BCUT2D eigenvalue weighted by Gasteiger charge is -2.13. The van der Waals surface area contributed by atoms with E-state index in [0.29, 0.717) is 28.5 Å². The first-order valence-corrected chi connectivity index (χ1v) is 9.84. The molecule has 0 aliphatic carbocycles. The molecule has 0 saturated carbocycles. The highest BCUT2D eigenvalue weighted by Gasteiger charge is 2.34. The number of benzene rings is 2. The number of hydrogen-bond acceptors (Lipinski definition) is 3. The first-order valence-electron chi connectivity index (χ1n) is 9.84. The van der Waals surface area contributed by atoms with Crippen molar-refractivity contribution in [3.05, 3.63) is 71.8 Å². The van der Waals surface area contributed by atoms with Gasteiger partial charge in [-0.3, -0.25) is 0 Å². The van der Waals surface area contributed by atoms with Crippen LogP contribution in [0.1, 0.15) is 42.9 Å². The standard InChI is InChI=1S/C24H23F3O3/c1-3-5-6-7-16-9-11-19(20(12-16)24(25,26)27)22-14-18-10-8-17(13-21(18)30-22)15-29-23(28)4-2/h4,8-14H,2-3,5-7,15H2,1H3. The minimum Gasteiger partial charge on any atom is -0.458 e. The first-order chi connectivity index (χ1) is 14.3. The number of carbonyl (C=O) groups excluding carboxylic acids is 1. The Bertz CT molecular complexity index is 1050. The Morgan fingerprint density at radius 3 is 2.57 bits per heavy atom. The lowest BCUT2D eigenvalue weighted by atomic mass is 9.98. The normalized spacial score (nSPS) is 11.6. The third-order valence-corrected chi connectivity index (χ3v) is 4.86. The summed E-state index contributed by atoms with van der Waals surface area (Å²) in [6, 6.07) is 11.1. The van der Waals surface area contributed by atoms with Gasteiger partial charge in [0.25, 0.3) is 0 Å². The summed E-state index contributed by atoms with van der Waals surface area (Å²) in [5.41, 5.74) is 1.08. The molecule has 3 aromatic rings. The average molecular weight is 416 g/mol. The molecule has 0 aliphatic heterocycles. The molecule has 0 aliphatic rings. The molecule has 30 heavy (non-hydrogen) atoms. The largest absolute Gasteiger partial charge is 0.458 e. The van der Waals surface area contributed by atoms with E-state index >= 15 is 0 Å². The number of hydrogen-bond donors (Lipinski definition) is 0. The molecule has 3 nitrogen and oxygen atoms in total. The van der Waals surface area contributed by atoms with Crippen molar-refractivity contribution in [3.63, 3.8) is 0 Å². The van der Waals surface area contributed by atoms with Crippen LogP contribution in [0.15, 0.2) is 59.5 Å². The summed E-state index contributed by atoms with van der Waals surface area (Å²) in [5, 5.41) is 0.670. The highest BCUT2D eigenvalue weighted by atomic mass is 19.4. The molecule has 1 heterocycles. The number of unbranched alkanes of at least 4 members (excludes halogenated alkanes) is 2. The van der Waals surface area contributed by atoms with E-state index in [1.807, 2.05) is 0 Å². The number of alkyl halides is 3. The van der Waals surface area contributed by atoms with Crippen LogP contribution in [0.3, 0.4) is 0 Å². The maximum Gasteiger partial charge on any atom is 0.417 e. The van der Waals surface area contributed by atoms with Crippen molar-refractivity contribution in [3.8, 4) is 11.3 Å². The van der Waals surface area contributed by atoms with E-state index in [9.17, 15) is 18.0 Å². The van der Waals surface area contributed by atoms with E-state index in [4.69, 9.17) is 9.15 Å². The summed E-state index contributed by atoms with van der Waals surface area (Å²) >= 11 is 0. The van der Waals surface area contributed by atoms with Crippen LogP contribution in [0.4, 0.5) is 13.2 Å². The van der Waals surface area contributed by atoms with Crippen LogP contribution in [-0.4, -0.2) is 5.97 Å². The molecule has 0 spiro atoms. The van der Waals surface area contributed by atoms with Gasteiger partial charge in [-0.25, -0.2) is 4.79 Å². The molecular formula is C24H23F3O3. The lowest BCUT2D eigenvalue weighted by molar-refractivity contribution is -0.139. The highest BCUT2D eigenvalue weighted by Crippen LogP contribution is 2.39. The third kappa shape index (κ3) is 5.12. The van der Waals surface area contributed by atoms with Crippen molar-refractivity contribution in [1.82, 2.24) is 0 Å². The Kier molecular flexibility index (Phi) is 6.65. The topological polar surface area (TPSA) is 39.4 Å². The van der Waals surface area contributed by atoms with E-state index in [1.165, 1.54) is 12.1 Å². The molecule has 0 N–H and O–H groups in total. The van der Waals surface area contributed by atoms with Crippen LogP contribution in [-0.2, 0) is 28.7 Å². The second-order valence-corrected chi connectivity index (χ2v) is 7.13. The quantitative estimate of drug-likeness (QED) is 0.224. The van der Waals surface area contributed by atoms with Gasteiger partial charge in [-0.2, -0.15) is 13.2 Å². The minimum atomic E-state index is -4.49. The fourth-order valence-electron chi connectivity index (χ4n) is 3.29. The Hall–Kier alpha value is -3.02. The molecule has 0 atom stereocenters. The summed E-state index contributed by atoms with van der Waals surface area (Å²) in [5.74, 6) is -0.401. The number of furan rings is 1. The SMILES string of the molecule is C=CC(=O)OCc1ccc2cc(-c3ccc(CCCCC)cc3C(F)(F)F)oc2c1. The molecule has 0 fully saturated rings. The van der Waals surface area contributed by atoms with E-state index in [-0.39, 0.29) is 17.9 Å². The van der Waals surface area contributed by atoms with Crippen LogP contribution in [0.2, 0.25) is 0 Å². The van der Waals surface area contributed by atoms with Crippen molar-refractivity contribution in [2.24, 2.45) is 0 Å². The number of aryl methyl sites for hydroxylation is 1. The van der Waals surface area contributed by atoms with Gasteiger partial charge in [0.05, 0.1) is 5.56 Å². The van der Waals surface area contributed by atoms with E-state index in [2.05, 4.69) is 13.5 Å². The molecule has 0 amide bonds. The second kappa shape index (κ2) is 9.20. The Balaban J connectivity index is 1.93. The van der Waals surface area contributed by atoms with E-state index < -0.39 is 17.7 Å². The van der Waals surface area contributed by atoms with Gasteiger partial charge in [0.1, 0.15) is 18.0 Å². The summed E-state index contributed by atoms with van der Waals surface area (Å²) < 4.78 is 51.9. The number of esters is 1. The molecule has 3 rings (SSSR count). The van der Waals surface area contributed by atoms with Gasteiger partial charge in [-0.1, -0.05) is 50.6 Å². The zero-order valence-corrected chi connectivity index (χ0v) is 16.7. The van der Waals surface area contributed by atoms with Gasteiger partial charge in [-0.05, 0) is 42.2 Å². The van der Waals surface area contributed by atoms with Crippen LogP contribution < -0.4 is 0 Å². The van der Waals surface area contributed by atoms with Crippen LogP contribution in [0.25, 0.3) is 22.3 Å². The molecule has 0 unspecified atom stereocenters. The lowest BCUT2D eigenvalue weighted by Crippen LogP contribution is -2.08. The van der Waals surface area contributed by atoms with Gasteiger partial charge in [0.15, 0.2) is 0 Å². The predicted molar refractivity (Wildman–Crippen MR) is 110 cm³/mol. The predicted octanol–water partition coefficient (Wildman–Crippen LogP) is 7.08. The van der Waals surface area contributed by atoms with Crippen molar-refractivity contribution < 1.29 is 27.1 Å². The molecule has 6 heteroatoms. The van der Waals surface area contributed by atoms with E-state index in [1.54, 1.807) is 30.3 Å². The van der Waals surface area contributed by atoms with Crippen molar-refractivity contribution in [1.29, 1.82) is 0 Å². The highest BCUT2D eigenvalue weighted by molar-refractivity contribution is 5.84. The monoisotopic (exact) mass is 416 g/mol. The van der Waals surface area contributed by atoms with Crippen molar-refractivity contribution in [2.45, 2.75) is 45.4 Å². The fraction of sp³-hybridized carbons (Fsp3) is 0.292. The van der Waals surface area contributed by atoms with Crippen LogP contribution in [0.5, 0.6) is 0 Å².